The van der Waals surface area contributed by atoms with Crippen LogP contribution in [0.3, 0.4) is 0 Å². The number of carboxylic acids is 1. The molecule has 0 aliphatic rings. The molecular weight excluding hydrogens is 376 g/mol. The second-order valence-electron chi connectivity index (χ2n) is 6.75. The predicted octanol–water partition coefficient (Wildman–Crippen LogP) is 5.56. The second kappa shape index (κ2) is 8.92. The Morgan fingerprint density at radius 2 is 1.70 bits per heavy atom. The summed E-state index contributed by atoms with van der Waals surface area (Å²) in [4.78, 5) is 10.9. The van der Waals surface area contributed by atoms with Crippen molar-refractivity contribution in [2.75, 3.05) is 5.43 Å². The number of hydrogen-bond acceptors (Lipinski definition) is 4. The van der Waals surface area contributed by atoms with E-state index >= 15 is 0 Å². The van der Waals surface area contributed by atoms with Crippen LogP contribution in [0, 0.1) is 0 Å². The van der Waals surface area contributed by atoms with Gasteiger partial charge in [0, 0.05) is 0 Å². The van der Waals surface area contributed by atoms with E-state index in [2.05, 4.69) is 34.8 Å². The summed E-state index contributed by atoms with van der Waals surface area (Å²) in [6, 6.07) is 28.6. The maximum atomic E-state index is 10.9. The first-order valence-corrected chi connectivity index (χ1v) is 9.51. The first kappa shape index (κ1) is 19.2. The molecule has 0 aliphatic heterocycles. The van der Waals surface area contributed by atoms with E-state index in [0.717, 1.165) is 16.9 Å². The number of carbonyl (C=O) groups is 1. The van der Waals surface area contributed by atoms with Gasteiger partial charge < -0.3 is 9.84 Å². The van der Waals surface area contributed by atoms with Crippen LogP contribution in [-0.4, -0.2) is 17.3 Å². The molecule has 0 spiro atoms. The zero-order valence-corrected chi connectivity index (χ0v) is 16.2. The van der Waals surface area contributed by atoms with Crippen LogP contribution in [-0.2, 0) is 6.61 Å². The average molecular weight is 396 g/mol. The number of nitrogens with one attached hydrogen (secondary N) is 1. The van der Waals surface area contributed by atoms with E-state index in [0.29, 0.717) is 12.3 Å². The Kier molecular flexibility index (Phi) is 5.71. The molecule has 0 atom stereocenters. The predicted molar refractivity (Wildman–Crippen MR) is 119 cm³/mol. The smallest absolute Gasteiger partial charge is 0.335 e. The minimum absolute atomic E-state index is 0.237. The highest BCUT2D eigenvalue weighted by Gasteiger charge is 2.03. The molecule has 0 saturated heterocycles. The molecular formula is C25H20N2O3. The van der Waals surface area contributed by atoms with Gasteiger partial charge in [-0.1, -0.05) is 54.6 Å². The fraction of sp³-hybridized carbons (Fsp3) is 0.0400. The lowest BCUT2D eigenvalue weighted by atomic mass is 10.1. The van der Waals surface area contributed by atoms with Crippen molar-refractivity contribution in [1.29, 1.82) is 0 Å². The normalized spacial score (nSPS) is 10.9. The number of nitrogens with zero attached hydrogens (tertiary/aromatic N) is 1. The molecule has 0 aliphatic carbocycles. The molecule has 5 heteroatoms. The van der Waals surface area contributed by atoms with Gasteiger partial charge in [-0.05, 0) is 58.3 Å². The first-order valence-electron chi connectivity index (χ1n) is 9.51. The summed E-state index contributed by atoms with van der Waals surface area (Å²) in [7, 11) is 0. The zero-order valence-electron chi connectivity index (χ0n) is 16.2. The highest BCUT2D eigenvalue weighted by atomic mass is 16.5. The number of ether oxygens (including phenoxy) is 1. The Bertz CT molecular complexity index is 1200. The molecule has 0 fully saturated rings. The third-order valence-electron chi connectivity index (χ3n) is 4.67. The van der Waals surface area contributed by atoms with Crippen molar-refractivity contribution in [3.05, 3.63) is 108 Å². The van der Waals surface area contributed by atoms with Crippen molar-refractivity contribution in [2.45, 2.75) is 6.61 Å². The molecule has 0 unspecified atom stereocenters. The number of anilines is 1. The molecule has 0 heterocycles. The topological polar surface area (TPSA) is 70.9 Å². The number of rotatable bonds is 7. The van der Waals surface area contributed by atoms with Crippen LogP contribution in [0.2, 0.25) is 0 Å². The van der Waals surface area contributed by atoms with Gasteiger partial charge in [0.2, 0.25) is 0 Å². The summed E-state index contributed by atoms with van der Waals surface area (Å²) in [6.45, 7) is 0.482. The Labute approximate surface area is 174 Å². The maximum Gasteiger partial charge on any atom is 0.335 e. The highest BCUT2D eigenvalue weighted by molar-refractivity contribution is 5.88. The lowest BCUT2D eigenvalue weighted by Crippen LogP contribution is -1.98. The number of benzene rings is 4. The largest absolute Gasteiger partial charge is 0.489 e. The Hall–Kier alpha value is -4.12. The molecule has 5 nitrogen and oxygen atoms in total. The molecule has 30 heavy (non-hydrogen) atoms. The summed E-state index contributed by atoms with van der Waals surface area (Å²) in [5.41, 5.74) is 5.86. The molecule has 4 aromatic carbocycles. The van der Waals surface area contributed by atoms with E-state index in [4.69, 9.17) is 9.84 Å². The number of aromatic carboxylic acids is 1. The summed E-state index contributed by atoms with van der Waals surface area (Å²) in [5, 5.41) is 15.5. The molecule has 0 amide bonds. The lowest BCUT2D eigenvalue weighted by molar-refractivity contribution is 0.0697. The summed E-state index contributed by atoms with van der Waals surface area (Å²) >= 11 is 0. The minimum atomic E-state index is -0.953. The van der Waals surface area contributed by atoms with Crippen LogP contribution in [0.5, 0.6) is 5.75 Å². The van der Waals surface area contributed by atoms with E-state index in [1.165, 1.54) is 22.9 Å². The van der Waals surface area contributed by atoms with E-state index in [1.807, 2.05) is 42.5 Å². The van der Waals surface area contributed by atoms with Gasteiger partial charge >= 0.3 is 5.97 Å². The van der Waals surface area contributed by atoms with Crippen LogP contribution in [0.25, 0.3) is 10.8 Å². The number of hydrogen-bond donors (Lipinski definition) is 2. The van der Waals surface area contributed by atoms with E-state index in [9.17, 15) is 4.79 Å². The van der Waals surface area contributed by atoms with Crippen LogP contribution < -0.4 is 10.2 Å². The van der Waals surface area contributed by atoms with Gasteiger partial charge in [0.1, 0.15) is 12.4 Å². The van der Waals surface area contributed by atoms with Crippen molar-refractivity contribution in [3.8, 4) is 5.75 Å². The van der Waals surface area contributed by atoms with Crippen molar-refractivity contribution < 1.29 is 14.6 Å². The number of fused-ring (bicyclic) bond motifs is 1. The van der Waals surface area contributed by atoms with E-state index < -0.39 is 5.97 Å². The van der Waals surface area contributed by atoms with Crippen LogP contribution in [0.4, 0.5) is 5.69 Å². The van der Waals surface area contributed by atoms with Crippen molar-refractivity contribution in [1.82, 2.24) is 0 Å². The molecule has 4 rings (SSSR count). The zero-order chi connectivity index (χ0) is 20.8. The molecule has 0 bridgehead atoms. The van der Waals surface area contributed by atoms with Gasteiger partial charge in [0.05, 0.1) is 17.5 Å². The van der Waals surface area contributed by atoms with Gasteiger partial charge in [0.25, 0.3) is 0 Å². The Morgan fingerprint density at radius 1 is 0.933 bits per heavy atom. The Morgan fingerprint density at radius 3 is 2.53 bits per heavy atom. The molecule has 0 saturated carbocycles. The summed E-state index contributed by atoms with van der Waals surface area (Å²) in [5.74, 6) is -0.192. The molecule has 2 N–H and O–H groups in total. The molecule has 0 aromatic heterocycles. The fourth-order valence-corrected chi connectivity index (χ4v) is 3.13. The van der Waals surface area contributed by atoms with Gasteiger partial charge in [-0.2, -0.15) is 5.10 Å². The molecule has 4 aromatic rings. The summed E-state index contributed by atoms with van der Waals surface area (Å²) in [6.07, 6.45) is 1.69. The van der Waals surface area contributed by atoms with E-state index in [1.54, 1.807) is 18.3 Å². The third-order valence-corrected chi connectivity index (χ3v) is 4.67. The minimum Gasteiger partial charge on any atom is -0.489 e. The second-order valence-corrected chi connectivity index (χ2v) is 6.75. The van der Waals surface area contributed by atoms with Gasteiger partial charge in [0.15, 0.2) is 0 Å². The highest BCUT2D eigenvalue weighted by Crippen LogP contribution is 2.21. The summed E-state index contributed by atoms with van der Waals surface area (Å²) < 4.78 is 6.00. The fourth-order valence-electron chi connectivity index (χ4n) is 3.13. The van der Waals surface area contributed by atoms with Gasteiger partial charge in [-0.15, -0.1) is 0 Å². The number of carboxylic acid groups (broad SMARTS) is 1. The van der Waals surface area contributed by atoms with E-state index in [-0.39, 0.29) is 5.56 Å². The first-order chi connectivity index (χ1) is 14.7. The standard InChI is InChI=1S/C25H20N2O3/c28-25(29)20-11-13-22(14-12-20)27-26-16-18-5-3-9-23(15-18)30-17-21-8-4-7-19-6-1-2-10-24(19)21/h1-16,27H,17H2,(H,28,29)/b26-16-. The number of hydrazone groups is 1. The van der Waals surface area contributed by atoms with Gasteiger partial charge in [-0.3, -0.25) is 5.43 Å². The lowest BCUT2D eigenvalue weighted by Gasteiger charge is -2.09. The van der Waals surface area contributed by atoms with Crippen molar-refractivity contribution in [3.63, 3.8) is 0 Å². The van der Waals surface area contributed by atoms with Crippen LogP contribution in [0.1, 0.15) is 21.5 Å². The van der Waals surface area contributed by atoms with Crippen LogP contribution >= 0.6 is 0 Å². The quantitative estimate of drug-likeness (QED) is 0.317. The molecule has 0 radical (unpaired) electrons. The Balaban J connectivity index is 1.40. The van der Waals surface area contributed by atoms with Crippen molar-refractivity contribution in [2.24, 2.45) is 5.10 Å². The monoisotopic (exact) mass is 396 g/mol. The SMILES string of the molecule is O=C(O)c1ccc(N/N=C\c2cccc(OCc3cccc4ccccc34)c2)cc1. The maximum absolute atomic E-state index is 10.9. The van der Waals surface area contributed by atoms with Crippen LogP contribution in [0.15, 0.2) is 96.1 Å². The third kappa shape index (κ3) is 4.64. The van der Waals surface area contributed by atoms with Crippen molar-refractivity contribution >= 4 is 28.6 Å². The molecule has 148 valence electrons. The average Bonchev–Trinajstić information content (AvgIpc) is 2.78. The van der Waals surface area contributed by atoms with Gasteiger partial charge in [-0.25, -0.2) is 4.79 Å².